The van der Waals surface area contributed by atoms with Crippen LogP contribution >= 0.6 is 0 Å². The van der Waals surface area contributed by atoms with Gasteiger partial charge in [-0.25, -0.2) is 0 Å². The van der Waals surface area contributed by atoms with Crippen molar-refractivity contribution >= 4 is 18.4 Å². The molecule has 0 bridgehead atoms. The van der Waals surface area contributed by atoms with Gasteiger partial charge in [-0.15, -0.1) is 0 Å². The summed E-state index contributed by atoms with van der Waals surface area (Å²) in [5, 5.41) is 0. The van der Waals surface area contributed by atoms with Gasteiger partial charge in [0.05, 0.1) is 28.2 Å². The molecule has 0 atom stereocenters. The van der Waals surface area contributed by atoms with E-state index in [1.165, 1.54) is 0 Å². The van der Waals surface area contributed by atoms with Crippen molar-refractivity contribution < 1.29 is 9.31 Å². The number of aryl methyl sites for hydroxylation is 1. The summed E-state index contributed by atoms with van der Waals surface area (Å²) in [7, 11) is -0.416. The molecule has 1 fully saturated rings. The van der Waals surface area contributed by atoms with E-state index >= 15 is 0 Å². The largest absolute Gasteiger partial charge is 0.514 e. The summed E-state index contributed by atoms with van der Waals surface area (Å²) in [6.45, 7) is 10.2. The van der Waals surface area contributed by atoms with Crippen LogP contribution in [0.4, 0.5) is 5.69 Å². The molecule has 0 radical (unpaired) electrons. The van der Waals surface area contributed by atoms with Crippen LogP contribution in [0.5, 0.6) is 0 Å². The standard InChI is InChI=1S/C13H21BN2O2/c1-6-10-9(15)7-8-11(16-10)14-17-12(2,3)13(4,5)18-14/h7-8H,6,15H2,1-5H3. The molecule has 5 heteroatoms. The predicted molar refractivity (Wildman–Crippen MR) is 73.7 cm³/mol. The van der Waals surface area contributed by atoms with Crippen LogP contribution in [-0.2, 0) is 15.7 Å². The minimum atomic E-state index is -0.416. The molecule has 0 unspecified atom stereocenters. The lowest BCUT2D eigenvalue weighted by Gasteiger charge is -2.32. The Bertz CT molecular complexity index is 444. The maximum Gasteiger partial charge on any atom is 0.514 e. The number of hydrogen-bond donors (Lipinski definition) is 1. The van der Waals surface area contributed by atoms with E-state index in [0.29, 0.717) is 0 Å². The Labute approximate surface area is 109 Å². The zero-order valence-electron chi connectivity index (χ0n) is 11.8. The molecule has 1 aliphatic rings. The van der Waals surface area contributed by atoms with Crippen LogP contribution in [0.15, 0.2) is 12.1 Å². The molecule has 1 saturated heterocycles. The number of pyridine rings is 1. The first-order valence-corrected chi connectivity index (χ1v) is 6.38. The van der Waals surface area contributed by atoms with Crippen molar-refractivity contribution in [1.29, 1.82) is 0 Å². The summed E-state index contributed by atoms with van der Waals surface area (Å²) in [5.74, 6) is 0. The van der Waals surface area contributed by atoms with E-state index in [4.69, 9.17) is 15.0 Å². The van der Waals surface area contributed by atoms with Gasteiger partial charge in [-0.1, -0.05) is 6.92 Å². The molecule has 0 aliphatic carbocycles. The van der Waals surface area contributed by atoms with E-state index in [0.717, 1.165) is 23.4 Å². The number of nitrogens with zero attached hydrogens (tertiary/aromatic N) is 1. The van der Waals surface area contributed by atoms with Crippen LogP contribution in [0.25, 0.3) is 0 Å². The van der Waals surface area contributed by atoms with E-state index in [2.05, 4.69) is 4.98 Å². The van der Waals surface area contributed by atoms with E-state index < -0.39 is 7.12 Å². The number of rotatable bonds is 2. The van der Waals surface area contributed by atoms with Crippen LogP contribution in [0, 0.1) is 0 Å². The number of nitrogen functional groups attached to an aromatic ring is 1. The van der Waals surface area contributed by atoms with Gasteiger partial charge in [0.15, 0.2) is 0 Å². The Morgan fingerprint density at radius 3 is 2.22 bits per heavy atom. The average molecular weight is 248 g/mol. The first-order valence-electron chi connectivity index (χ1n) is 6.38. The third-order valence-corrected chi connectivity index (χ3v) is 3.86. The van der Waals surface area contributed by atoms with Gasteiger partial charge in [-0.3, -0.25) is 4.98 Å². The lowest BCUT2D eigenvalue weighted by atomic mass is 9.84. The van der Waals surface area contributed by atoms with Crippen molar-refractivity contribution in [3.05, 3.63) is 17.8 Å². The fourth-order valence-corrected chi connectivity index (χ4v) is 1.91. The molecule has 0 aromatic carbocycles. The smallest absolute Gasteiger partial charge is 0.398 e. The van der Waals surface area contributed by atoms with E-state index in [-0.39, 0.29) is 11.2 Å². The minimum absolute atomic E-state index is 0.340. The fraction of sp³-hybridized carbons (Fsp3) is 0.615. The molecule has 1 aliphatic heterocycles. The predicted octanol–water partition coefficient (Wildman–Crippen LogP) is 1.53. The van der Waals surface area contributed by atoms with Crippen molar-refractivity contribution in [1.82, 2.24) is 4.98 Å². The first kappa shape index (κ1) is 13.4. The molecule has 2 rings (SSSR count). The number of hydrogen-bond acceptors (Lipinski definition) is 4. The van der Waals surface area contributed by atoms with Crippen LogP contribution in [-0.4, -0.2) is 23.3 Å². The van der Waals surface area contributed by atoms with Crippen LogP contribution in [0.1, 0.15) is 40.3 Å². The van der Waals surface area contributed by atoms with Gasteiger partial charge in [-0.2, -0.15) is 0 Å². The van der Waals surface area contributed by atoms with E-state index in [1.54, 1.807) is 0 Å². The summed E-state index contributed by atoms with van der Waals surface area (Å²) in [6, 6.07) is 3.74. The number of aromatic nitrogens is 1. The van der Waals surface area contributed by atoms with Crippen molar-refractivity contribution in [2.45, 2.75) is 52.2 Å². The lowest BCUT2D eigenvalue weighted by Crippen LogP contribution is -2.41. The van der Waals surface area contributed by atoms with Gasteiger partial charge in [0.1, 0.15) is 0 Å². The molecular formula is C13H21BN2O2. The molecule has 0 saturated carbocycles. The lowest BCUT2D eigenvalue weighted by molar-refractivity contribution is 0.00578. The van der Waals surface area contributed by atoms with Crippen molar-refractivity contribution in [2.24, 2.45) is 0 Å². The Morgan fingerprint density at radius 1 is 1.17 bits per heavy atom. The summed E-state index contributed by atoms with van der Waals surface area (Å²) >= 11 is 0. The van der Waals surface area contributed by atoms with Crippen LogP contribution in [0.3, 0.4) is 0 Å². The second-order valence-electron chi connectivity index (χ2n) is 5.71. The molecule has 18 heavy (non-hydrogen) atoms. The highest BCUT2D eigenvalue weighted by molar-refractivity contribution is 6.61. The Morgan fingerprint density at radius 2 is 1.72 bits per heavy atom. The summed E-state index contributed by atoms with van der Waals surface area (Å²) in [4.78, 5) is 4.53. The number of anilines is 1. The highest BCUT2D eigenvalue weighted by atomic mass is 16.7. The second kappa shape index (κ2) is 4.25. The van der Waals surface area contributed by atoms with E-state index in [1.807, 2.05) is 46.8 Å². The van der Waals surface area contributed by atoms with Gasteiger partial charge in [0, 0.05) is 0 Å². The Balaban J connectivity index is 2.30. The van der Waals surface area contributed by atoms with Crippen molar-refractivity contribution in [3.8, 4) is 0 Å². The van der Waals surface area contributed by atoms with Crippen molar-refractivity contribution in [3.63, 3.8) is 0 Å². The van der Waals surface area contributed by atoms with Gasteiger partial charge in [-0.05, 0) is 46.2 Å². The summed E-state index contributed by atoms with van der Waals surface area (Å²) in [5.41, 5.74) is 7.58. The SMILES string of the molecule is CCc1nc(B2OC(C)(C)C(C)(C)O2)ccc1N. The summed E-state index contributed by atoms with van der Waals surface area (Å²) in [6.07, 6.45) is 0.805. The normalized spacial score (nSPS) is 21.3. The maximum atomic E-state index is 5.96. The molecule has 0 spiro atoms. The van der Waals surface area contributed by atoms with Crippen LogP contribution < -0.4 is 11.3 Å². The third kappa shape index (κ3) is 2.13. The second-order valence-corrected chi connectivity index (χ2v) is 5.71. The van der Waals surface area contributed by atoms with Gasteiger partial charge < -0.3 is 15.0 Å². The first-order chi connectivity index (χ1) is 8.27. The number of nitrogens with two attached hydrogens (primary N) is 1. The monoisotopic (exact) mass is 248 g/mol. The van der Waals surface area contributed by atoms with Gasteiger partial charge in [0.2, 0.25) is 0 Å². The molecule has 2 N–H and O–H groups in total. The van der Waals surface area contributed by atoms with Crippen LogP contribution in [0.2, 0.25) is 0 Å². The van der Waals surface area contributed by atoms with Crippen molar-refractivity contribution in [2.75, 3.05) is 5.73 Å². The quantitative estimate of drug-likeness (QED) is 0.806. The molecule has 2 heterocycles. The highest BCUT2D eigenvalue weighted by Crippen LogP contribution is 2.36. The third-order valence-electron chi connectivity index (χ3n) is 3.86. The molecule has 98 valence electrons. The molecule has 0 amide bonds. The average Bonchev–Trinajstić information content (AvgIpc) is 2.49. The Kier molecular flexibility index (Phi) is 3.15. The molecule has 1 aromatic heterocycles. The highest BCUT2D eigenvalue weighted by Gasteiger charge is 2.52. The van der Waals surface area contributed by atoms with E-state index in [9.17, 15) is 0 Å². The molecule has 4 nitrogen and oxygen atoms in total. The zero-order chi connectivity index (χ0) is 13.6. The fourth-order valence-electron chi connectivity index (χ4n) is 1.91. The maximum absolute atomic E-state index is 5.96. The van der Waals surface area contributed by atoms with Gasteiger partial charge in [0.25, 0.3) is 0 Å². The molecule has 1 aromatic rings. The topological polar surface area (TPSA) is 57.4 Å². The molecular weight excluding hydrogens is 227 g/mol. The summed E-state index contributed by atoms with van der Waals surface area (Å²) < 4.78 is 11.9. The zero-order valence-corrected chi connectivity index (χ0v) is 11.8. The minimum Gasteiger partial charge on any atom is -0.398 e. The Hall–Kier alpha value is -1.07. The van der Waals surface area contributed by atoms with Gasteiger partial charge >= 0.3 is 7.12 Å².